The number of amides is 2. The Bertz CT molecular complexity index is 401. The molecule has 0 radical (unpaired) electrons. The molecule has 2 amide bonds. The summed E-state index contributed by atoms with van der Waals surface area (Å²) in [6, 6.07) is 9.32. The summed E-state index contributed by atoms with van der Waals surface area (Å²) in [6.07, 6.45) is 1.50. The van der Waals surface area contributed by atoms with Gasteiger partial charge in [0.05, 0.1) is 12.0 Å². The molecule has 1 saturated heterocycles. The SMILES string of the molecule is O=C1CSC(=O)N1/N=C/c1ccccc1. The number of imide groups is 1. The molecule has 1 heterocycles. The Morgan fingerprint density at radius 2 is 2.00 bits per heavy atom. The maximum Gasteiger partial charge on any atom is 0.309 e. The van der Waals surface area contributed by atoms with Crippen LogP contribution in [0.3, 0.4) is 0 Å². The van der Waals surface area contributed by atoms with Crippen LogP contribution in [0.25, 0.3) is 0 Å². The summed E-state index contributed by atoms with van der Waals surface area (Å²) in [7, 11) is 0. The van der Waals surface area contributed by atoms with E-state index in [0.29, 0.717) is 0 Å². The Labute approximate surface area is 91.0 Å². The van der Waals surface area contributed by atoms with E-state index < -0.39 is 0 Å². The molecule has 0 aromatic heterocycles. The average molecular weight is 220 g/mol. The van der Waals surface area contributed by atoms with Crippen molar-refractivity contribution in [3.63, 3.8) is 0 Å². The normalized spacial score (nSPS) is 16.7. The second-order valence-electron chi connectivity index (χ2n) is 2.92. The molecule has 0 unspecified atom stereocenters. The highest BCUT2D eigenvalue weighted by molar-refractivity contribution is 8.14. The summed E-state index contributed by atoms with van der Waals surface area (Å²) in [5.74, 6) is -0.0810. The molecular formula is C10H8N2O2S. The first kappa shape index (κ1) is 9.92. The summed E-state index contributed by atoms with van der Waals surface area (Å²) in [6.45, 7) is 0. The zero-order valence-electron chi connectivity index (χ0n) is 7.79. The van der Waals surface area contributed by atoms with E-state index >= 15 is 0 Å². The van der Waals surface area contributed by atoms with E-state index in [9.17, 15) is 9.59 Å². The zero-order valence-corrected chi connectivity index (χ0v) is 8.61. The monoisotopic (exact) mass is 220 g/mol. The maximum atomic E-state index is 11.2. The lowest BCUT2D eigenvalue weighted by Gasteiger charge is -2.03. The van der Waals surface area contributed by atoms with Gasteiger partial charge in [-0.05, 0) is 5.56 Å². The third-order valence-corrected chi connectivity index (χ3v) is 2.66. The van der Waals surface area contributed by atoms with Crippen LogP contribution >= 0.6 is 11.8 Å². The predicted octanol–water partition coefficient (Wildman–Crippen LogP) is 1.72. The summed E-state index contributed by atoms with van der Waals surface area (Å²) in [5.41, 5.74) is 0.856. The second kappa shape index (κ2) is 4.27. The summed E-state index contributed by atoms with van der Waals surface area (Å²) < 4.78 is 0. The number of hydrogen-bond donors (Lipinski definition) is 0. The van der Waals surface area contributed by atoms with Gasteiger partial charge in [0.25, 0.3) is 5.91 Å². The minimum Gasteiger partial charge on any atom is -0.271 e. The third kappa shape index (κ3) is 2.24. The van der Waals surface area contributed by atoms with Gasteiger partial charge in [-0.2, -0.15) is 10.1 Å². The van der Waals surface area contributed by atoms with E-state index in [1.165, 1.54) is 6.21 Å². The van der Waals surface area contributed by atoms with Gasteiger partial charge >= 0.3 is 5.24 Å². The minimum absolute atomic E-state index is 0.185. The molecule has 0 N–H and O–H groups in total. The first-order valence-corrected chi connectivity index (χ1v) is 5.34. The summed E-state index contributed by atoms with van der Waals surface area (Å²) in [4.78, 5) is 22.3. The smallest absolute Gasteiger partial charge is 0.271 e. The fraction of sp³-hybridized carbons (Fsp3) is 0.100. The molecule has 1 aliphatic rings. The Hall–Kier alpha value is -1.62. The number of carbonyl (C=O) groups excluding carboxylic acids is 2. The number of thioether (sulfide) groups is 1. The quantitative estimate of drug-likeness (QED) is 0.713. The van der Waals surface area contributed by atoms with Gasteiger partial charge in [-0.1, -0.05) is 42.1 Å². The van der Waals surface area contributed by atoms with E-state index in [-0.39, 0.29) is 16.9 Å². The Balaban J connectivity index is 2.12. The van der Waals surface area contributed by atoms with E-state index in [0.717, 1.165) is 22.3 Å². The van der Waals surface area contributed by atoms with Crippen molar-refractivity contribution in [2.24, 2.45) is 5.10 Å². The number of nitrogens with zero attached hydrogens (tertiary/aromatic N) is 2. The predicted molar refractivity (Wildman–Crippen MR) is 58.7 cm³/mol. The van der Waals surface area contributed by atoms with Crippen LogP contribution in [0, 0.1) is 0 Å². The van der Waals surface area contributed by atoms with Crippen molar-refractivity contribution in [2.45, 2.75) is 0 Å². The summed E-state index contributed by atoms with van der Waals surface area (Å²) in [5, 5.41) is 4.43. The number of hydrogen-bond acceptors (Lipinski definition) is 4. The van der Waals surface area contributed by atoms with Gasteiger partial charge in [0.1, 0.15) is 0 Å². The van der Waals surface area contributed by atoms with Crippen LogP contribution in [-0.4, -0.2) is 28.1 Å². The molecule has 1 aromatic carbocycles. The second-order valence-corrected chi connectivity index (χ2v) is 3.84. The van der Waals surface area contributed by atoms with Crippen LogP contribution in [0.1, 0.15) is 5.56 Å². The molecule has 0 saturated carbocycles. The molecule has 4 nitrogen and oxygen atoms in total. The Morgan fingerprint density at radius 3 is 2.60 bits per heavy atom. The standard InChI is InChI=1S/C10H8N2O2S/c13-9-7-15-10(14)12(9)11-6-8-4-2-1-3-5-8/h1-6H,7H2/b11-6+. The Kier molecular flexibility index (Phi) is 2.82. The van der Waals surface area contributed by atoms with E-state index in [1.54, 1.807) is 0 Å². The first-order chi connectivity index (χ1) is 7.27. The van der Waals surface area contributed by atoms with Gasteiger partial charge in [-0.15, -0.1) is 0 Å². The molecule has 76 valence electrons. The van der Waals surface area contributed by atoms with Crippen molar-refractivity contribution >= 4 is 29.1 Å². The van der Waals surface area contributed by atoms with Crippen LogP contribution in [-0.2, 0) is 4.79 Å². The average Bonchev–Trinajstić information content (AvgIpc) is 2.58. The fourth-order valence-corrected chi connectivity index (χ4v) is 1.76. The van der Waals surface area contributed by atoms with Gasteiger partial charge < -0.3 is 0 Å². The van der Waals surface area contributed by atoms with Gasteiger partial charge in [0, 0.05) is 0 Å². The number of carbonyl (C=O) groups is 2. The van der Waals surface area contributed by atoms with Gasteiger partial charge in [0.2, 0.25) is 0 Å². The lowest BCUT2D eigenvalue weighted by Crippen LogP contribution is -2.22. The van der Waals surface area contributed by atoms with Crippen molar-refractivity contribution in [3.05, 3.63) is 35.9 Å². The van der Waals surface area contributed by atoms with Gasteiger partial charge in [-0.25, -0.2) is 0 Å². The molecule has 1 fully saturated rings. The van der Waals surface area contributed by atoms with E-state index in [2.05, 4.69) is 5.10 Å². The van der Waals surface area contributed by atoms with E-state index in [4.69, 9.17) is 0 Å². The van der Waals surface area contributed by atoms with Crippen LogP contribution in [0.15, 0.2) is 35.4 Å². The molecular weight excluding hydrogens is 212 g/mol. The third-order valence-electron chi connectivity index (χ3n) is 1.85. The highest BCUT2D eigenvalue weighted by Gasteiger charge is 2.29. The van der Waals surface area contributed by atoms with Crippen molar-refractivity contribution in [1.82, 2.24) is 5.01 Å². The van der Waals surface area contributed by atoms with Gasteiger partial charge in [-0.3, -0.25) is 9.59 Å². The van der Waals surface area contributed by atoms with Crippen molar-refractivity contribution in [1.29, 1.82) is 0 Å². The lowest BCUT2D eigenvalue weighted by molar-refractivity contribution is -0.124. The first-order valence-electron chi connectivity index (χ1n) is 4.36. The molecule has 0 spiro atoms. The van der Waals surface area contributed by atoms with Crippen molar-refractivity contribution in [3.8, 4) is 0 Å². The highest BCUT2D eigenvalue weighted by atomic mass is 32.2. The number of benzene rings is 1. The Morgan fingerprint density at radius 1 is 1.27 bits per heavy atom. The topological polar surface area (TPSA) is 49.7 Å². The maximum absolute atomic E-state index is 11.2. The minimum atomic E-state index is -0.313. The molecule has 15 heavy (non-hydrogen) atoms. The van der Waals surface area contributed by atoms with Crippen LogP contribution in [0.5, 0.6) is 0 Å². The van der Waals surface area contributed by atoms with Crippen LogP contribution in [0.4, 0.5) is 4.79 Å². The summed E-state index contributed by atoms with van der Waals surface area (Å²) >= 11 is 0.972. The largest absolute Gasteiger partial charge is 0.309 e. The van der Waals surface area contributed by atoms with Crippen molar-refractivity contribution in [2.75, 3.05) is 5.75 Å². The van der Waals surface area contributed by atoms with E-state index in [1.807, 2.05) is 30.3 Å². The molecule has 0 bridgehead atoms. The molecule has 0 aliphatic carbocycles. The van der Waals surface area contributed by atoms with Crippen LogP contribution in [0.2, 0.25) is 0 Å². The molecule has 1 aliphatic heterocycles. The molecule has 2 rings (SSSR count). The molecule has 0 atom stereocenters. The fourth-order valence-electron chi connectivity index (χ4n) is 1.12. The number of rotatable bonds is 2. The number of hydrazone groups is 1. The van der Waals surface area contributed by atoms with Crippen LogP contribution < -0.4 is 0 Å². The van der Waals surface area contributed by atoms with Crippen molar-refractivity contribution < 1.29 is 9.59 Å². The lowest BCUT2D eigenvalue weighted by atomic mass is 10.2. The zero-order chi connectivity index (χ0) is 10.7. The highest BCUT2D eigenvalue weighted by Crippen LogP contribution is 2.18. The molecule has 1 aromatic rings. The molecule has 5 heteroatoms. The van der Waals surface area contributed by atoms with Gasteiger partial charge in [0.15, 0.2) is 0 Å².